The molecule has 0 fully saturated rings. The van der Waals surface area contributed by atoms with E-state index in [9.17, 15) is 0 Å². The van der Waals surface area contributed by atoms with Gasteiger partial charge in [-0.1, -0.05) is 18.5 Å². The molecule has 2 heterocycles. The Labute approximate surface area is 75.0 Å². The molecule has 4 heteroatoms. The van der Waals surface area contributed by atoms with Crippen molar-refractivity contribution in [2.45, 2.75) is 13.3 Å². The molecule has 0 atom stereocenters. The first-order chi connectivity index (χ1) is 5.81. The number of fused-ring (bicyclic) bond motifs is 1. The largest absolute Gasteiger partial charge is 0.235 e. The van der Waals surface area contributed by atoms with E-state index >= 15 is 0 Å². The summed E-state index contributed by atoms with van der Waals surface area (Å²) < 4.78 is 1.77. The van der Waals surface area contributed by atoms with Gasteiger partial charge in [0.25, 0.3) is 0 Å². The highest BCUT2D eigenvalue weighted by Crippen LogP contribution is 2.09. The zero-order valence-electron chi connectivity index (χ0n) is 6.66. The molecule has 62 valence electrons. The van der Waals surface area contributed by atoms with Gasteiger partial charge in [-0.25, -0.2) is 9.50 Å². The van der Waals surface area contributed by atoms with E-state index < -0.39 is 0 Å². The third-order valence-corrected chi connectivity index (χ3v) is 1.96. The standard InChI is InChI=1S/C8H8ClN3/c1-2-6-5-10-8-4-3-7(9)11-12(6)8/h3-5H,2H2,1H3. The summed E-state index contributed by atoms with van der Waals surface area (Å²) in [7, 11) is 0. The van der Waals surface area contributed by atoms with Crippen LogP contribution in [0.25, 0.3) is 5.65 Å². The van der Waals surface area contributed by atoms with E-state index in [1.54, 1.807) is 10.6 Å². The molecule has 0 aliphatic heterocycles. The molecular formula is C8H8ClN3. The number of nitrogens with zero attached hydrogens (tertiary/aromatic N) is 3. The molecule has 0 saturated carbocycles. The van der Waals surface area contributed by atoms with Crippen LogP contribution in [0.4, 0.5) is 0 Å². The second kappa shape index (κ2) is 2.75. The maximum atomic E-state index is 5.74. The number of aromatic nitrogens is 3. The van der Waals surface area contributed by atoms with Crippen molar-refractivity contribution in [3.05, 3.63) is 29.2 Å². The molecule has 0 amide bonds. The fourth-order valence-corrected chi connectivity index (χ4v) is 1.28. The molecule has 0 spiro atoms. The monoisotopic (exact) mass is 181 g/mol. The lowest BCUT2D eigenvalue weighted by Gasteiger charge is -1.96. The van der Waals surface area contributed by atoms with Crippen LogP contribution in [-0.2, 0) is 6.42 Å². The minimum absolute atomic E-state index is 0.496. The molecule has 3 nitrogen and oxygen atoms in total. The number of halogens is 1. The molecule has 2 rings (SSSR count). The SMILES string of the molecule is CCc1cnc2ccc(Cl)nn12. The summed E-state index contributed by atoms with van der Waals surface area (Å²) in [5, 5.41) is 4.62. The van der Waals surface area contributed by atoms with Gasteiger partial charge in [0.15, 0.2) is 5.65 Å². The van der Waals surface area contributed by atoms with Crippen molar-refractivity contribution < 1.29 is 0 Å². The van der Waals surface area contributed by atoms with Crippen LogP contribution in [0, 0.1) is 0 Å². The first-order valence-electron chi connectivity index (χ1n) is 3.80. The summed E-state index contributed by atoms with van der Waals surface area (Å²) in [5.74, 6) is 0. The summed E-state index contributed by atoms with van der Waals surface area (Å²) in [6, 6.07) is 3.60. The van der Waals surface area contributed by atoms with Crippen LogP contribution in [0.2, 0.25) is 5.15 Å². The Balaban J connectivity index is 2.75. The van der Waals surface area contributed by atoms with Gasteiger partial charge in [0.2, 0.25) is 0 Å². The van der Waals surface area contributed by atoms with E-state index in [2.05, 4.69) is 17.0 Å². The molecule has 0 saturated heterocycles. The minimum Gasteiger partial charge on any atom is -0.235 e. The van der Waals surface area contributed by atoms with Crippen molar-refractivity contribution in [2.24, 2.45) is 0 Å². The first-order valence-corrected chi connectivity index (χ1v) is 4.18. The third kappa shape index (κ3) is 1.06. The van der Waals surface area contributed by atoms with Crippen molar-refractivity contribution in [3.8, 4) is 0 Å². The van der Waals surface area contributed by atoms with Crippen LogP contribution in [0.15, 0.2) is 18.3 Å². The predicted molar refractivity (Wildman–Crippen MR) is 47.4 cm³/mol. The van der Waals surface area contributed by atoms with Crippen LogP contribution in [0.5, 0.6) is 0 Å². The van der Waals surface area contributed by atoms with Crippen molar-refractivity contribution in [3.63, 3.8) is 0 Å². The van der Waals surface area contributed by atoms with Gasteiger partial charge in [-0.3, -0.25) is 0 Å². The van der Waals surface area contributed by atoms with Gasteiger partial charge in [-0.15, -0.1) is 0 Å². The highest BCUT2D eigenvalue weighted by atomic mass is 35.5. The Bertz CT molecular complexity index is 408. The summed E-state index contributed by atoms with van der Waals surface area (Å²) >= 11 is 5.74. The highest BCUT2D eigenvalue weighted by molar-refractivity contribution is 6.29. The zero-order chi connectivity index (χ0) is 8.55. The first kappa shape index (κ1) is 7.55. The fourth-order valence-electron chi connectivity index (χ4n) is 1.14. The van der Waals surface area contributed by atoms with Gasteiger partial charge < -0.3 is 0 Å². The quantitative estimate of drug-likeness (QED) is 0.673. The second-order valence-electron chi connectivity index (χ2n) is 2.53. The summed E-state index contributed by atoms with van der Waals surface area (Å²) in [4.78, 5) is 4.17. The van der Waals surface area contributed by atoms with Crippen LogP contribution >= 0.6 is 11.6 Å². The van der Waals surface area contributed by atoms with Crippen LogP contribution in [0.3, 0.4) is 0 Å². The van der Waals surface area contributed by atoms with Crippen LogP contribution < -0.4 is 0 Å². The van der Waals surface area contributed by atoms with Crippen molar-refractivity contribution in [1.82, 2.24) is 14.6 Å². The van der Waals surface area contributed by atoms with Gasteiger partial charge in [0.05, 0.1) is 11.9 Å². The molecule has 2 aromatic heterocycles. The Morgan fingerprint density at radius 2 is 2.33 bits per heavy atom. The average molecular weight is 182 g/mol. The molecule has 2 aromatic rings. The normalized spacial score (nSPS) is 10.8. The smallest absolute Gasteiger partial charge is 0.153 e. The molecule has 0 aliphatic carbocycles. The second-order valence-corrected chi connectivity index (χ2v) is 2.92. The maximum Gasteiger partial charge on any atom is 0.153 e. The number of hydrogen-bond donors (Lipinski definition) is 0. The summed E-state index contributed by atoms with van der Waals surface area (Å²) in [6.45, 7) is 2.06. The lowest BCUT2D eigenvalue weighted by Crippen LogP contribution is -1.95. The molecule has 0 bridgehead atoms. The summed E-state index contributed by atoms with van der Waals surface area (Å²) in [5.41, 5.74) is 1.92. The van der Waals surface area contributed by atoms with Gasteiger partial charge in [-0.05, 0) is 18.6 Å². The van der Waals surface area contributed by atoms with E-state index in [0.29, 0.717) is 5.15 Å². The average Bonchev–Trinajstić information content (AvgIpc) is 2.46. The molecule has 0 N–H and O–H groups in total. The Morgan fingerprint density at radius 1 is 1.50 bits per heavy atom. The number of aryl methyl sites for hydroxylation is 1. The van der Waals surface area contributed by atoms with E-state index in [1.165, 1.54) is 0 Å². The molecule has 0 aromatic carbocycles. The third-order valence-electron chi connectivity index (χ3n) is 1.76. The van der Waals surface area contributed by atoms with Gasteiger partial charge in [-0.2, -0.15) is 5.10 Å². The van der Waals surface area contributed by atoms with E-state index in [4.69, 9.17) is 11.6 Å². The molecule has 0 radical (unpaired) electrons. The fraction of sp³-hybridized carbons (Fsp3) is 0.250. The topological polar surface area (TPSA) is 30.2 Å². The van der Waals surface area contributed by atoms with Crippen molar-refractivity contribution in [2.75, 3.05) is 0 Å². The van der Waals surface area contributed by atoms with Crippen molar-refractivity contribution >= 4 is 17.2 Å². The molecule has 0 aliphatic rings. The predicted octanol–water partition coefficient (Wildman–Crippen LogP) is 1.95. The molecule has 12 heavy (non-hydrogen) atoms. The highest BCUT2D eigenvalue weighted by Gasteiger charge is 2.01. The lowest BCUT2D eigenvalue weighted by atomic mass is 10.4. The van der Waals surface area contributed by atoms with Gasteiger partial charge >= 0.3 is 0 Å². The Hall–Kier alpha value is -1.09. The maximum absolute atomic E-state index is 5.74. The molecule has 0 unspecified atom stereocenters. The lowest BCUT2D eigenvalue weighted by molar-refractivity contribution is 0.859. The zero-order valence-corrected chi connectivity index (χ0v) is 7.41. The van der Waals surface area contributed by atoms with Crippen molar-refractivity contribution in [1.29, 1.82) is 0 Å². The molecular weight excluding hydrogens is 174 g/mol. The summed E-state index contributed by atoms with van der Waals surface area (Å²) in [6.07, 6.45) is 2.73. The van der Waals surface area contributed by atoms with Crippen LogP contribution in [-0.4, -0.2) is 14.6 Å². The minimum atomic E-state index is 0.496. The van der Waals surface area contributed by atoms with E-state index in [-0.39, 0.29) is 0 Å². The Kier molecular flexibility index (Phi) is 1.73. The number of rotatable bonds is 1. The van der Waals surface area contributed by atoms with Crippen LogP contribution in [0.1, 0.15) is 12.6 Å². The van der Waals surface area contributed by atoms with Gasteiger partial charge in [0, 0.05) is 0 Å². The number of imidazole rings is 1. The van der Waals surface area contributed by atoms with E-state index in [1.807, 2.05) is 12.3 Å². The van der Waals surface area contributed by atoms with Gasteiger partial charge in [0.1, 0.15) is 5.15 Å². The van der Waals surface area contributed by atoms with E-state index in [0.717, 1.165) is 17.8 Å². The number of hydrogen-bond acceptors (Lipinski definition) is 2. The Morgan fingerprint density at radius 3 is 3.08 bits per heavy atom.